The van der Waals surface area contributed by atoms with Crippen molar-refractivity contribution in [2.24, 2.45) is 5.92 Å². The summed E-state index contributed by atoms with van der Waals surface area (Å²) in [7, 11) is -3.16. The lowest BCUT2D eigenvalue weighted by Gasteiger charge is -2.20. The molecule has 0 bridgehead atoms. The van der Waals surface area contributed by atoms with Crippen molar-refractivity contribution in [3.05, 3.63) is 17.1 Å². The van der Waals surface area contributed by atoms with Gasteiger partial charge in [0.05, 0.1) is 17.8 Å². The number of hydrogen-bond donors (Lipinski definition) is 1. The molecule has 0 atom stereocenters. The molecule has 0 aromatic carbocycles. The van der Waals surface area contributed by atoms with E-state index in [0.717, 1.165) is 54.8 Å². The fourth-order valence-corrected chi connectivity index (χ4v) is 5.63. The summed E-state index contributed by atoms with van der Waals surface area (Å²) >= 11 is 0. The molecule has 1 fully saturated rings. The maximum Gasteiger partial charge on any atom is 0.214 e. The number of aryl methyl sites for hydroxylation is 2. The molecule has 0 amide bonds. The smallest absolute Gasteiger partial charge is 0.214 e. The van der Waals surface area contributed by atoms with Gasteiger partial charge in [-0.15, -0.1) is 0 Å². The van der Waals surface area contributed by atoms with Crippen LogP contribution in [0.1, 0.15) is 50.2 Å². The van der Waals surface area contributed by atoms with Gasteiger partial charge >= 0.3 is 0 Å². The highest BCUT2D eigenvalue weighted by molar-refractivity contribution is 7.89. The fourth-order valence-electron chi connectivity index (χ4n) is 4.16. The normalized spacial score (nSPS) is 20.1. The van der Waals surface area contributed by atoms with Crippen molar-refractivity contribution in [3.8, 4) is 0 Å². The molecule has 1 saturated heterocycles. The van der Waals surface area contributed by atoms with Crippen LogP contribution in [0, 0.1) is 5.92 Å². The number of anilines is 1. The molecule has 0 saturated carbocycles. The second kappa shape index (κ2) is 6.49. The van der Waals surface area contributed by atoms with Gasteiger partial charge in [-0.2, -0.15) is 4.31 Å². The molecule has 8 heteroatoms. The fraction of sp³-hybridized carbons (Fsp3) is 0.667. The molecule has 3 heterocycles. The van der Waals surface area contributed by atoms with Crippen molar-refractivity contribution >= 4 is 26.9 Å². The third kappa shape index (κ3) is 2.99. The zero-order valence-electron chi connectivity index (χ0n) is 15.5. The molecule has 2 aliphatic rings. The molecule has 2 aromatic rings. The minimum Gasteiger partial charge on any atom is -0.382 e. The number of fused-ring (bicyclic) bond motifs is 3. The Bertz CT molecular complexity index is 948. The van der Waals surface area contributed by atoms with Gasteiger partial charge in [0, 0.05) is 18.8 Å². The predicted octanol–water partition coefficient (Wildman–Crippen LogP) is 2.08. The molecule has 4 rings (SSSR count). The largest absolute Gasteiger partial charge is 0.382 e. The Hall–Kier alpha value is -1.67. The lowest BCUT2D eigenvalue weighted by Crippen LogP contribution is -2.27. The van der Waals surface area contributed by atoms with Crippen molar-refractivity contribution in [1.29, 1.82) is 0 Å². The van der Waals surface area contributed by atoms with Crippen molar-refractivity contribution in [2.45, 2.75) is 59.0 Å². The van der Waals surface area contributed by atoms with E-state index < -0.39 is 10.0 Å². The first kappa shape index (κ1) is 17.7. The Morgan fingerprint density at radius 3 is 2.62 bits per heavy atom. The molecular formula is C18H27N5O2S. The number of imidazole rings is 1. The number of nitrogens with zero attached hydrogens (tertiary/aromatic N) is 4. The molecule has 2 aromatic heterocycles. The Labute approximate surface area is 154 Å². The quantitative estimate of drug-likeness (QED) is 0.880. The molecule has 0 radical (unpaired) electrons. The summed E-state index contributed by atoms with van der Waals surface area (Å²) in [6.45, 7) is 6.02. The summed E-state index contributed by atoms with van der Waals surface area (Å²) in [6.07, 6.45) is 4.92. The van der Waals surface area contributed by atoms with Gasteiger partial charge in [0.1, 0.15) is 11.3 Å². The van der Waals surface area contributed by atoms with Crippen molar-refractivity contribution in [2.75, 3.05) is 18.0 Å². The van der Waals surface area contributed by atoms with E-state index in [1.165, 1.54) is 5.56 Å². The maximum absolute atomic E-state index is 12.3. The third-order valence-electron chi connectivity index (χ3n) is 5.34. The molecule has 1 aliphatic carbocycles. The topological polar surface area (TPSA) is 94.1 Å². The van der Waals surface area contributed by atoms with Gasteiger partial charge in [-0.3, -0.25) is 0 Å². The Balaban J connectivity index is 1.88. The molecule has 2 N–H and O–H groups in total. The second-order valence-corrected chi connectivity index (χ2v) is 9.95. The van der Waals surface area contributed by atoms with Crippen LogP contribution < -0.4 is 5.73 Å². The van der Waals surface area contributed by atoms with Crippen LogP contribution in [0.5, 0.6) is 0 Å². The summed E-state index contributed by atoms with van der Waals surface area (Å²) in [5.74, 6) is 1.91. The maximum atomic E-state index is 12.3. The number of nitrogens with two attached hydrogens (primary N) is 1. The van der Waals surface area contributed by atoms with Gasteiger partial charge < -0.3 is 10.3 Å². The number of hydrogen-bond acceptors (Lipinski definition) is 5. The SMILES string of the molecule is CC(C)Cn1c(CN2CCCS2(=O)=O)nc2c(N)nc3c(c21)CCCC3. The lowest BCUT2D eigenvalue weighted by molar-refractivity contribution is 0.411. The van der Waals surface area contributed by atoms with E-state index in [0.29, 0.717) is 31.2 Å². The minimum atomic E-state index is -3.16. The summed E-state index contributed by atoms with van der Waals surface area (Å²) in [5.41, 5.74) is 10.4. The third-order valence-corrected chi connectivity index (χ3v) is 7.24. The van der Waals surface area contributed by atoms with Gasteiger partial charge in [-0.05, 0) is 43.6 Å². The Morgan fingerprint density at radius 1 is 1.15 bits per heavy atom. The zero-order chi connectivity index (χ0) is 18.5. The van der Waals surface area contributed by atoms with Crippen LogP contribution in [0.15, 0.2) is 0 Å². The van der Waals surface area contributed by atoms with E-state index in [-0.39, 0.29) is 5.75 Å². The molecule has 0 unspecified atom stereocenters. The van der Waals surface area contributed by atoms with E-state index >= 15 is 0 Å². The van der Waals surface area contributed by atoms with Crippen LogP contribution in [0.4, 0.5) is 5.82 Å². The second-order valence-electron chi connectivity index (χ2n) is 7.86. The van der Waals surface area contributed by atoms with E-state index in [1.54, 1.807) is 4.31 Å². The summed E-state index contributed by atoms with van der Waals surface area (Å²) in [6, 6.07) is 0. The number of aromatic nitrogens is 3. The number of rotatable bonds is 4. The van der Waals surface area contributed by atoms with Crippen LogP contribution in [-0.4, -0.2) is 39.6 Å². The van der Waals surface area contributed by atoms with Crippen molar-refractivity contribution in [3.63, 3.8) is 0 Å². The summed E-state index contributed by atoms with van der Waals surface area (Å²) in [5, 5.41) is 0. The standard InChI is InChI=1S/C18H27N5O2S/c1-12(2)10-23-15(11-22-8-5-9-26(22,24)25)21-16-17(23)13-6-3-4-7-14(13)20-18(16)19/h12H,3-11H2,1-2H3,(H2,19,20). The van der Waals surface area contributed by atoms with Crippen LogP contribution in [0.2, 0.25) is 0 Å². The lowest BCUT2D eigenvalue weighted by atomic mass is 9.94. The van der Waals surface area contributed by atoms with E-state index in [2.05, 4.69) is 23.4 Å². The molecular weight excluding hydrogens is 350 g/mol. The van der Waals surface area contributed by atoms with Gasteiger partial charge in [0.15, 0.2) is 5.82 Å². The van der Waals surface area contributed by atoms with Gasteiger partial charge in [-0.25, -0.2) is 18.4 Å². The minimum absolute atomic E-state index is 0.233. The molecule has 142 valence electrons. The molecule has 7 nitrogen and oxygen atoms in total. The van der Waals surface area contributed by atoms with E-state index in [9.17, 15) is 8.42 Å². The van der Waals surface area contributed by atoms with Gasteiger partial charge in [-0.1, -0.05) is 13.8 Å². The average molecular weight is 378 g/mol. The average Bonchev–Trinajstić information content (AvgIpc) is 3.09. The Kier molecular flexibility index (Phi) is 4.43. The first-order valence-corrected chi connectivity index (χ1v) is 11.1. The van der Waals surface area contributed by atoms with Crippen molar-refractivity contribution < 1.29 is 8.42 Å². The van der Waals surface area contributed by atoms with Gasteiger partial charge in [0.2, 0.25) is 10.0 Å². The van der Waals surface area contributed by atoms with Crippen LogP contribution in [0.25, 0.3) is 11.0 Å². The first-order chi connectivity index (χ1) is 12.4. The number of pyridine rings is 1. The highest BCUT2D eigenvalue weighted by atomic mass is 32.2. The number of sulfonamides is 1. The van der Waals surface area contributed by atoms with Crippen LogP contribution in [0.3, 0.4) is 0 Å². The van der Waals surface area contributed by atoms with E-state index in [4.69, 9.17) is 10.7 Å². The molecule has 0 spiro atoms. The monoisotopic (exact) mass is 377 g/mol. The van der Waals surface area contributed by atoms with Crippen LogP contribution >= 0.6 is 0 Å². The molecule has 26 heavy (non-hydrogen) atoms. The summed E-state index contributed by atoms with van der Waals surface area (Å²) < 4.78 is 28.3. The van der Waals surface area contributed by atoms with Crippen molar-refractivity contribution in [1.82, 2.24) is 18.8 Å². The number of nitrogen functional groups attached to an aromatic ring is 1. The van der Waals surface area contributed by atoms with Crippen LogP contribution in [-0.2, 0) is 36.0 Å². The summed E-state index contributed by atoms with van der Waals surface area (Å²) in [4.78, 5) is 9.38. The highest BCUT2D eigenvalue weighted by Gasteiger charge is 2.31. The van der Waals surface area contributed by atoms with Gasteiger partial charge in [0.25, 0.3) is 0 Å². The predicted molar refractivity (Wildman–Crippen MR) is 102 cm³/mol. The zero-order valence-corrected chi connectivity index (χ0v) is 16.3. The van der Waals surface area contributed by atoms with E-state index in [1.807, 2.05) is 0 Å². The first-order valence-electron chi connectivity index (χ1n) is 9.51. The highest BCUT2D eigenvalue weighted by Crippen LogP contribution is 2.32. The molecule has 1 aliphatic heterocycles. The Morgan fingerprint density at radius 2 is 1.92 bits per heavy atom.